The molecule has 0 saturated carbocycles. The van der Waals surface area contributed by atoms with Crippen molar-refractivity contribution < 1.29 is 4.79 Å². The van der Waals surface area contributed by atoms with E-state index in [9.17, 15) is 4.79 Å². The van der Waals surface area contributed by atoms with Gasteiger partial charge in [0.1, 0.15) is 0 Å². The maximum absolute atomic E-state index is 12.3. The molecule has 4 heteroatoms. The van der Waals surface area contributed by atoms with Crippen LogP contribution in [-0.4, -0.2) is 49.6 Å². The highest BCUT2D eigenvalue weighted by Crippen LogP contribution is 2.24. The number of nitrogens with one attached hydrogen (secondary N) is 1. The summed E-state index contributed by atoms with van der Waals surface area (Å²) in [4.78, 5) is 17.1. The number of benzene rings is 1. The Morgan fingerprint density at radius 3 is 2.75 bits per heavy atom. The summed E-state index contributed by atoms with van der Waals surface area (Å²) in [6.45, 7) is 9.10. The zero-order valence-corrected chi connectivity index (χ0v) is 15.1. The highest BCUT2D eigenvalue weighted by Gasteiger charge is 2.29. The molecule has 2 heterocycles. The molecule has 0 unspecified atom stereocenters. The largest absolute Gasteiger partial charge is 0.371 e. The van der Waals surface area contributed by atoms with Crippen molar-refractivity contribution >= 4 is 11.6 Å². The van der Waals surface area contributed by atoms with Gasteiger partial charge in [0, 0.05) is 31.4 Å². The highest BCUT2D eigenvalue weighted by molar-refractivity contribution is 5.78. The molecule has 2 aliphatic heterocycles. The van der Waals surface area contributed by atoms with Crippen molar-refractivity contribution in [2.75, 3.05) is 37.6 Å². The predicted molar refractivity (Wildman–Crippen MR) is 99.2 cm³/mol. The molecule has 2 atom stereocenters. The Kier molecular flexibility index (Phi) is 5.77. The maximum Gasteiger partial charge on any atom is 0.234 e. The van der Waals surface area contributed by atoms with Crippen LogP contribution in [0.15, 0.2) is 30.3 Å². The molecule has 0 radical (unpaired) electrons. The number of amides is 1. The van der Waals surface area contributed by atoms with E-state index < -0.39 is 0 Å². The van der Waals surface area contributed by atoms with Crippen LogP contribution < -0.4 is 10.2 Å². The lowest BCUT2D eigenvalue weighted by molar-refractivity contribution is -0.122. The molecule has 0 aromatic heterocycles. The smallest absolute Gasteiger partial charge is 0.234 e. The number of para-hydroxylation sites is 1. The maximum atomic E-state index is 12.3. The number of hydrogen-bond donors (Lipinski definition) is 1. The Morgan fingerprint density at radius 2 is 2.00 bits per heavy atom. The summed E-state index contributed by atoms with van der Waals surface area (Å²) < 4.78 is 0. The standard InChI is InChI=1S/C20H31N3O/c1-16(2)19-9-6-11-23(19)15-20(24)21-13-17-10-12-22(14-17)18-7-4-3-5-8-18/h3-5,7-8,16-17,19H,6,9-15H2,1-2H3,(H,21,24)/t17-,19+/m0/s1. The fourth-order valence-electron chi connectivity index (χ4n) is 4.17. The Morgan fingerprint density at radius 1 is 1.21 bits per heavy atom. The van der Waals surface area contributed by atoms with Gasteiger partial charge in [-0.15, -0.1) is 0 Å². The Balaban J connectivity index is 1.41. The molecule has 2 saturated heterocycles. The SMILES string of the molecule is CC(C)[C@H]1CCCN1CC(=O)NC[C@@H]1CCN(c2ccccc2)C1. The first kappa shape index (κ1) is 17.3. The van der Waals surface area contributed by atoms with E-state index in [4.69, 9.17) is 0 Å². The van der Waals surface area contributed by atoms with Crippen molar-refractivity contribution in [3.8, 4) is 0 Å². The van der Waals surface area contributed by atoms with E-state index in [0.717, 1.165) is 32.6 Å². The van der Waals surface area contributed by atoms with Crippen LogP contribution in [0.5, 0.6) is 0 Å². The number of carbonyl (C=O) groups is 1. The molecule has 2 aliphatic rings. The fraction of sp³-hybridized carbons (Fsp3) is 0.650. The molecule has 24 heavy (non-hydrogen) atoms. The lowest BCUT2D eigenvalue weighted by Gasteiger charge is -2.27. The normalized spacial score (nSPS) is 24.7. The second kappa shape index (κ2) is 8.02. The average molecular weight is 329 g/mol. The second-order valence-electron chi connectivity index (χ2n) is 7.66. The first-order valence-corrected chi connectivity index (χ1v) is 9.44. The van der Waals surface area contributed by atoms with Crippen molar-refractivity contribution in [2.24, 2.45) is 11.8 Å². The molecule has 3 rings (SSSR count). The average Bonchev–Trinajstić information content (AvgIpc) is 3.23. The second-order valence-corrected chi connectivity index (χ2v) is 7.66. The summed E-state index contributed by atoms with van der Waals surface area (Å²) in [5.74, 6) is 1.39. The Labute approximate surface area is 146 Å². The van der Waals surface area contributed by atoms with E-state index in [2.05, 4.69) is 59.3 Å². The van der Waals surface area contributed by atoms with Crippen LogP contribution in [0.2, 0.25) is 0 Å². The summed E-state index contributed by atoms with van der Waals surface area (Å²) in [5, 5.41) is 3.18. The van der Waals surface area contributed by atoms with Gasteiger partial charge in [-0.05, 0) is 49.8 Å². The predicted octanol–water partition coefficient (Wildman–Crippen LogP) is 2.75. The van der Waals surface area contributed by atoms with Gasteiger partial charge in [-0.1, -0.05) is 32.0 Å². The van der Waals surface area contributed by atoms with Gasteiger partial charge in [-0.25, -0.2) is 0 Å². The van der Waals surface area contributed by atoms with Crippen molar-refractivity contribution in [1.29, 1.82) is 0 Å². The zero-order valence-electron chi connectivity index (χ0n) is 15.1. The molecular formula is C20H31N3O. The molecule has 1 amide bonds. The van der Waals surface area contributed by atoms with Gasteiger partial charge < -0.3 is 10.2 Å². The third kappa shape index (κ3) is 4.29. The van der Waals surface area contributed by atoms with Crippen LogP contribution in [0.25, 0.3) is 0 Å². The van der Waals surface area contributed by atoms with Crippen LogP contribution in [0.3, 0.4) is 0 Å². The van der Waals surface area contributed by atoms with Crippen molar-refractivity contribution in [3.05, 3.63) is 30.3 Å². The third-order valence-electron chi connectivity index (χ3n) is 5.53. The van der Waals surface area contributed by atoms with E-state index in [0.29, 0.717) is 24.4 Å². The molecule has 1 aromatic rings. The van der Waals surface area contributed by atoms with Crippen LogP contribution in [0.1, 0.15) is 33.1 Å². The van der Waals surface area contributed by atoms with Gasteiger partial charge in [-0.3, -0.25) is 9.69 Å². The van der Waals surface area contributed by atoms with Crippen LogP contribution in [0.4, 0.5) is 5.69 Å². The molecular weight excluding hydrogens is 298 g/mol. The minimum atomic E-state index is 0.195. The minimum absolute atomic E-state index is 0.195. The summed E-state index contributed by atoms with van der Waals surface area (Å²) in [7, 11) is 0. The van der Waals surface area contributed by atoms with E-state index in [1.807, 2.05) is 0 Å². The van der Waals surface area contributed by atoms with E-state index in [1.165, 1.54) is 18.5 Å². The lowest BCUT2D eigenvalue weighted by atomic mass is 10.0. The van der Waals surface area contributed by atoms with Gasteiger partial charge in [-0.2, -0.15) is 0 Å². The lowest BCUT2D eigenvalue weighted by Crippen LogP contribution is -2.43. The van der Waals surface area contributed by atoms with Gasteiger partial charge in [0.15, 0.2) is 0 Å². The number of rotatable bonds is 6. The topological polar surface area (TPSA) is 35.6 Å². The minimum Gasteiger partial charge on any atom is -0.371 e. The molecule has 0 aliphatic carbocycles. The Hall–Kier alpha value is -1.55. The van der Waals surface area contributed by atoms with Crippen molar-refractivity contribution in [2.45, 2.75) is 39.2 Å². The molecule has 1 N–H and O–H groups in total. The van der Waals surface area contributed by atoms with Crippen LogP contribution in [-0.2, 0) is 4.79 Å². The van der Waals surface area contributed by atoms with Gasteiger partial charge in [0.25, 0.3) is 0 Å². The van der Waals surface area contributed by atoms with Gasteiger partial charge >= 0.3 is 0 Å². The molecule has 1 aromatic carbocycles. The third-order valence-corrected chi connectivity index (χ3v) is 5.53. The summed E-state index contributed by atoms with van der Waals surface area (Å²) in [6.07, 6.45) is 3.62. The monoisotopic (exact) mass is 329 g/mol. The van der Waals surface area contributed by atoms with E-state index in [-0.39, 0.29) is 5.91 Å². The molecule has 0 spiro atoms. The van der Waals surface area contributed by atoms with Crippen molar-refractivity contribution in [3.63, 3.8) is 0 Å². The van der Waals surface area contributed by atoms with Gasteiger partial charge in [0.05, 0.1) is 6.54 Å². The van der Waals surface area contributed by atoms with Crippen LogP contribution >= 0.6 is 0 Å². The number of anilines is 1. The molecule has 132 valence electrons. The van der Waals surface area contributed by atoms with E-state index in [1.54, 1.807) is 0 Å². The molecule has 0 bridgehead atoms. The van der Waals surface area contributed by atoms with E-state index >= 15 is 0 Å². The first-order valence-electron chi connectivity index (χ1n) is 9.44. The number of hydrogen-bond acceptors (Lipinski definition) is 3. The molecule has 4 nitrogen and oxygen atoms in total. The summed E-state index contributed by atoms with van der Waals surface area (Å²) in [6, 6.07) is 11.1. The highest BCUT2D eigenvalue weighted by atomic mass is 16.2. The quantitative estimate of drug-likeness (QED) is 0.872. The zero-order chi connectivity index (χ0) is 16.9. The van der Waals surface area contributed by atoms with Gasteiger partial charge in [0.2, 0.25) is 5.91 Å². The van der Waals surface area contributed by atoms with Crippen LogP contribution in [0, 0.1) is 11.8 Å². The van der Waals surface area contributed by atoms with Crippen molar-refractivity contribution in [1.82, 2.24) is 10.2 Å². The number of carbonyl (C=O) groups excluding carboxylic acids is 1. The number of likely N-dealkylation sites (tertiary alicyclic amines) is 1. The summed E-state index contributed by atoms with van der Waals surface area (Å²) >= 11 is 0. The Bertz CT molecular complexity index is 531. The fourth-order valence-corrected chi connectivity index (χ4v) is 4.17. The summed E-state index contributed by atoms with van der Waals surface area (Å²) in [5.41, 5.74) is 1.29. The molecule has 2 fully saturated rings. The first-order chi connectivity index (χ1) is 11.6. The number of nitrogens with zero attached hydrogens (tertiary/aromatic N) is 2.